The number of hydrogen-bond acceptors (Lipinski definition) is 4. The molecule has 0 saturated heterocycles. The summed E-state index contributed by atoms with van der Waals surface area (Å²) in [5.41, 5.74) is 7.73. The first-order chi connectivity index (χ1) is 26.3. The maximum atomic E-state index is 14.9. The third-order valence-corrected chi connectivity index (χ3v) is 15.7. The van der Waals surface area contributed by atoms with Crippen LogP contribution in [0.15, 0.2) is 132 Å². The van der Waals surface area contributed by atoms with Gasteiger partial charge < -0.3 is 14.5 Å². The average Bonchev–Trinajstić information content (AvgIpc) is 3.70. The minimum Gasteiger partial charge on any atom is -0.872 e. The Morgan fingerprint density at radius 2 is 1.27 bits per heavy atom. The first kappa shape index (κ1) is 43.5. The summed E-state index contributed by atoms with van der Waals surface area (Å²) in [5, 5.41) is 14.9. The number of rotatable bonds is 13. The standard InChI is InChI=1S/C42H42N2O2.C6H18NSi2.Zn/c1-3-4-24-44(29-39-43-40-36-23-15-14-16-31(36)27-38(40)46-39)28-32-25-30(2)26-37(41(32)45)42(33-17-8-5-9-18-33,34-19-10-6-11-20-34)35-21-12-7-13-22-35;1-8(2,3)7-9(4,5)6;/h5-23,25-26,38,40,45H,3-4,24,27-29H2,1-2H3;1-6H3;/q;-1;+2/p-1/t38-,40+;;/m1../s1. The molecular formula is C48H59N3O2Si2Zn. The number of unbranched alkanes of at least 4 members (excludes halogenated alkanes) is 1. The smallest absolute Gasteiger partial charge is 0.872 e. The molecule has 0 radical (unpaired) electrons. The number of nitrogens with zero attached hydrogens (tertiary/aromatic N) is 3. The maximum Gasteiger partial charge on any atom is 2.00 e. The van der Waals surface area contributed by atoms with Crippen LogP contribution in [0.5, 0.6) is 5.75 Å². The number of aliphatic imine (C=N–C) groups is 1. The second-order valence-electron chi connectivity index (χ2n) is 17.2. The van der Waals surface area contributed by atoms with Crippen LogP contribution in [0.25, 0.3) is 4.65 Å². The van der Waals surface area contributed by atoms with Gasteiger partial charge in [0.15, 0.2) is 5.90 Å². The molecule has 5 aromatic carbocycles. The Morgan fingerprint density at radius 1 is 0.750 bits per heavy atom. The summed E-state index contributed by atoms with van der Waals surface area (Å²) >= 11 is 0. The van der Waals surface area contributed by atoms with Crippen molar-refractivity contribution in [1.29, 1.82) is 0 Å². The molecule has 0 N–H and O–H groups in total. The van der Waals surface area contributed by atoms with Crippen LogP contribution in [-0.2, 0) is 42.6 Å². The van der Waals surface area contributed by atoms with Crippen molar-refractivity contribution < 1.29 is 29.3 Å². The number of aryl methyl sites for hydroxylation is 1. The average molecular weight is 832 g/mol. The first-order valence-corrected chi connectivity index (χ1v) is 26.9. The van der Waals surface area contributed by atoms with Crippen LogP contribution >= 0.6 is 0 Å². The van der Waals surface area contributed by atoms with E-state index in [1.165, 1.54) is 11.1 Å². The van der Waals surface area contributed by atoms with Gasteiger partial charge in [-0.15, -0.1) is 0 Å². The number of ether oxygens (including phenoxy) is 1. The molecule has 1 aliphatic carbocycles. The zero-order valence-electron chi connectivity index (χ0n) is 34.9. The SMILES string of the molecule is CCCCN(CC1=N[C@H]2c3ccccc3C[C@H]2O1)Cc1cc(C)cc(C(c2ccccc2)(c2ccccc2)c2ccccc2)c1[O-].C[Si](C)(C)[N-][Si](C)(C)C.[Zn+2]. The van der Waals surface area contributed by atoms with Crippen LogP contribution in [0, 0.1) is 6.92 Å². The van der Waals surface area contributed by atoms with Gasteiger partial charge in [0.05, 0.1) is 12.0 Å². The molecule has 5 aromatic rings. The molecule has 8 heteroatoms. The van der Waals surface area contributed by atoms with Gasteiger partial charge in [0.2, 0.25) is 0 Å². The van der Waals surface area contributed by atoms with E-state index in [2.05, 4.69) is 167 Å². The number of hydrogen-bond donors (Lipinski definition) is 0. The minimum absolute atomic E-state index is 0. The Hall–Kier alpha value is -3.65. The molecule has 7 rings (SSSR count). The molecule has 288 valence electrons. The molecule has 1 heterocycles. The van der Waals surface area contributed by atoms with E-state index in [-0.39, 0.29) is 37.4 Å². The van der Waals surface area contributed by atoms with Crippen molar-refractivity contribution in [1.82, 2.24) is 4.90 Å². The molecule has 2 aliphatic rings. The Kier molecular flexibility index (Phi) is 14.5. The van der Waals surface area contributed by atoms with Crippen molar-refractivity contribution in [3.63, 3.8) is 0 Å². The van der Waals surface area contributed by atoms with Gasteiger partial charge in [-0.3, -0.25) is 4.90 Å². The summed E-state index contributed by atoms with van der Waals surface area (Å²) in [5.74, 6) is 0.872. The second-order valence-corrected chi connectivity index (χ2v) is 26.8. The van der Waals surface area contributed by atoms with Crippen molar-refractivity contribution in [3.8, 4) is 5.75 Å². The molecule has 0 unspecified atom stereocenters. The Morgan fingerprint density at radius 3 is 1.77 bits per heavy atom. The van der Waals surface area contributed by atoms with Crippen molar-refractivity contribution in [2.75, 3.05) is 13.1 Å². The van der Waals surface area contributed by atoms with Gasteiger partial charge in [0, 0.05) is 13.0 Å². The maximum absolute atomic E-state index is 14.9. The molecule has 0 spiro atoms. The second kappa shape index (κ2) is 18.7. The first-order valence-electron chi connectivity index (χ1n) is 20.0. The molecule has 1 aliphatic heterocycles. The molecule has 0 aromatic heterocycles. The Balaban J connectivity index is 0.000000537. The predicted molar refractivity (Wildman–Crippen MR) is 234 cm³/mol. The number of fused-ring (bicyclic) bond motifs is 3. The van der Waals surface area contributed by atoms with E-state index in [9.17, 15) is 5.11 Å². The molecule has 0 bridgehead atoms. The van der Waals surface area contributed by atoms with Gasteiger partial charge in [-0.1, -0.05) is 208 Å². The van der Waals surface area contributed by atoms with Crippen LogP contribution in [-0.4, -0.2) is 46.5 Å². The van der Waals surface area contributed by atoms with Crippen LogP contribution in [0.1, 0.15) is 70.3 Å². The van der Waals surface area contributed by atoms with Gasteiger partial charge in [-0.25, -0.2) is 4.99 Å². The molecular weight excluding hydrogens is 772 g/mol. The van der Waals surface area contributed by atoms with Crippen molar-refractivity contribution >= 4 is 22.4 Å². The topological polar surface area (TPSA) is 62.0 Å². The minimum atomic E-state index is -1.11. The predicted octanol–water partition coefficient (Wildman–Crippen LogP) is 11.2. The van der Waals surface area contributed by atoms with E-state index >= 15 is 0 Å². The third-order valence-electron chi connectivity index (χ3n) is 10.3. The zero-order valence-corrected chi connectivity index (χ0v) is 39.9. The van der Waals surface area contributed by atoms with Gasteiger partial charge in [0.25, 0.3) is 0 Å². The molecule has 0 amide bonds. The van der Waals surface area contributed by atoms with E-state index in [4.69, 9.17) is 14.4 Å². The van der Waals surface area contributed by atoms with Crippen LogP contribution in [0.2, 0.25) is 39.3 Å². The Labute approximate surface area is 351 Å². The van der Waals surface area contributed by atoms with Gasteiger partial charge in [0.1, 0.15) is 12.1 Å². The number of benzene rings is 5. The summed E-state index contributed by atoms with van der Waals surface area (Å²) < 4.78 is 11.3. The molecule has 5 nitrogen and oxygen atoms in total. The molecule has 0 fully saturated rings. The summed E-state index contributed by atoms with van der Waals surface area (Å²) in [4.78, 5) is 7.42. The van der Waals surface area contributed by atoms with E-state index in [1.807, 2.05) is 18.2 Å². The quantitative estimate of drug-likeness (QED) is 0.0877. The zero-order chi connectivity index (χ0) is 39.2. The molecule has 0 saturated carbocycles. The largest absolute Gasteiger partial charge is 2.00 e. The fourth-order valence-electron chi connectivity index (χ4n) is 8.54. The van der Waals surface area contributed by atoms with Crippen molar-refractivity contribution in [2.45, 2.75) is 96.5 Å². The fourth-order valence-corrected chi connectivity index (χ4v) is 16.6. The van der Waals surface area contributed by atoms with Crippen molar-refractivity contribution in [2.24, 2.45) is 4.99 Å². The fraction of sp³-hybridized carbons (Fsp3) is 0.354. The van der Waals surface area contributed by atoms with Crippen LogP contribution < -0.4 is 5.11 Å². The summed E-state index contributed by atoms with van der Waals surface area (Å²) in [6, 6.07) is 44.3. The molecule has 2 atom stereocenters. The summed E-state index contributed by atoms with van der Waals surface area (Å²) in [6.45, 7) is 20.1. The summed E-state index contributed by atoms with van der Waals surface area (Å²) in [6.07, 6.45) is 3.09. The van der Waals surface area contributed by atoms with E-state index in [0.717, 1.165) is 65.1 Å². The van der Waals surface area contributed by atoms with Gasteiger partial charge in [-0.05, 0) is 58.8 Å². The Bertz CT molecular complexity index is 1940. The normalized spacial score (nSPS) is 16.2. The van der Waals surface area contributed by atoms with E-state index < -0.39 is 21.9 Å². The van der Waals surface area contributed by atoms with Crippen LogP contribution in [0.3, 0.4) is 0 Å². The van der Waals surface area contributed by atoms with Crippen LogP contribution in [0.4, 0.5) is 0 Å². The van der Waals surface area contributed by atoms with E-state index in [0.29, 0.717) is 13.1 Å². The third kappa shape index (κ3) is 10.3. The molecule has 56 heavy (non-hydrogen) atoms. The van der Waals surface area contributed by atoms with Gasteiger partial charge >= 0.3 is 19.5 Å². The monoisotopic (exact) mass is 829 g/mol. The van der Waals surface area contributed by atoms with Crippen molar-refractivity contribution in [3.05, 3.63) is 177 Å². The van der Waals surface area contributed by atoms with E-state index in [1.54, 1.807) is 0 Å². The summed E-state index contributed by atoms with van der Waals surface area (Å²) in [7, 11) is -2.21. The van der Waals surface area contributed by atoms with Gasteiger partial charge in [-0.2, -0.15) is 0 Å².